The SMILES string of the molecule is CCc1cccc2c1N1CCNCC1CN2C(C)C. The Morgan fingerprint density at radius 2 is 2.21 bits per heavy atom. The van der Waals surface area contributed by atoms with Gasteiger partial charge in [0.25, 0.3) is 0 Å². The molecule has 1 saturated heterocycles. The summed E-state index contributed by atoms with van der Waals surface area (Å²) in [6.45, 7) is 11.4. The van der Waals surface area contributed by atoms with Crippen molar-refractivity contribution in [3.63, 3.8) is 0 Å². The molecule has 0 aromatic heterocycles. The molecule has 2 aliphatic rings. The molecule has 104 valence electrons. The highest BCUT2D eigenvalue weighted by Gasteiger charge is 2.34. The number of benzene rings is 1. The van der Waals surface area contributed by atoms with Crippen LogP contribution in [0.1, 0.15) is 26.3 Å². The minimum absolute atomic E-state index is 0.565. The maximum Gasteiger partial charge on any atom is 0.0640 e. The average molecular weight is 259 g/mol. The standard InChI is InChI=1S/C16H25N3/c1-4-13-6-5-7-15-16(13)18-9-8-17-10-14(18)11-19(15)12(2)3/h5-7,12,14,17H,4,8-11H2,1-3H3. The molecule has 1 aromatic rings. The molecule has 1 aromatic carbocycles. The Hall–Kier alpha value is -1.22. The molecule has 3 rings (SSSR count). The number of rotatable bonds is 2. The smallest absolute Gasteiger partial charge is 0.0640 e. The second-order valence-corrected chi connectivity index (χ2v) is 5.94. The minimum Gasteiger partial charge on any atom is -0.365 e. The van der Waals surface area contributed by atoms with E-state index in [9.17, 15) is 0 Å². The number of fused-ring (bicyclic) bond motifs is 3. The molecule has 0 amide bonds. The third-order valence-electron chi connectivity index (χ3n) is 4.46. The summed E-state index contributed by atoms with van der Waals surface area (Å²) in [5.74, 6) is 0. The highest BCUT2D eigenvalue weighted by molar-refractivity contribution is 5.78. The highest BCUT2D eigenvalue weighted by atomic mass is 15.3. The van der Waals surface area contributed by atoms with Crippen molar-refractivity contribution in [2.75, 3.05) is 36.0 Å². The van der Waals surface area contributed by atoms with E-state index in [1.165, 1.54) is 16.9 Å². The van der Waals surface area contributed by atoms with E-state index in [0.29, 0.717) is 12.1 Å². The number of para-hydroxylation sites is 1. The zero-order valence-electron chi connectivity index (χ0n) is 12.3. The number of hydrogen-bond acceptors (Lipinski definition) is 3. The van der Waals surface area contributed by atoms with Crippen LogP contribution in [0.4, 0.5) is 11.4 Å². The Kier molecular flexibility index (Phi) is 3.40. The summed E-state index contributed by atoms with van der Waals surface area (Å²) in [6, 6.07) is 8.00. The maximum absolute atomic E-state index is 3.54. The summed E-state index contributed by atoms with van der Waals surface area (Å²) in [4.78, 5) is 5.21. The van der Waals surface area contributed by atoms with Gasteiger partial charge in [-0.3, -0.25) is 0 Å². The van der Waals surface area contributed by atoms with Crippen LogP contribution in [0.15, 0.2) is 18.2 Å². The molecule has 19 heavy (non-hydrogen) atoms. The van der Waals surface area contributed by atoms with Crippen molar-refractivity contribution in [3.05, 3.63) is 23.8 Å². The Morgan fingerprint density at radius 3 is 2.95 bits per heavy atom. The van der Waals surface area contributed by atoms with Crippen LogP contribution in [-0.4, -0.2) is 38.3 Å². The highest BCUT2D eigenvalue weighted by Crippen LogP contribution is 2.39. The van der Waals surface area contributed by atoms with Crippen molar-refractivity contribution in [3.8, 4) is 0 Å². The Bertz CT molecular complexity index is 455. The first kappa shape index (κ1) is 12.8. The van der Waals surface area contributed by atoms with Gasteiger partial charge in [0.2, 0.25) is 0 Å². The van der Waals surface area contributed by atoms with E-state index in [1.807, 2.05) is 0 Å². The van der Waals surface area contributed by atoms with E-state index in [-0.39, 0.29) is 0 Å². The number of nitrogens with one attached hydrogen (secondary N) is 1. The first-order valence-corrected chi connectivity index (χ1v) is 7.58. The Morgan fingerprint density at radius 1 is 1.37 bits per heavy atom. The van der Waals surface area contributed by atoms with Gasteiger partial charge < -0.3 is 15.1 Å². The van der Waals surface area contributed by atoms with Crippen LogP contribution in [-0.2, 0) is 6.42 Å². The molecule has 2 heterocycles. The monoisotopic (exact) mass is 259 g/mol. The Labute approximate surface area is 116 Å². The number of anilines is 2. The van der Waals surface area contributed by atoms with Gasteiger partial charge in [-0.25, -0.2) is 0 Å². The van der Waals surface area contributed by atoms with Crippen LogP contribution < -0.4 is 15.1 Å². The van der Waals surface area contributed by atoms with Crippen molar-refractivity contribution in [1.82, 2.24) is 5.32 Å². The molecule has 0 radical (unpaired) electrons. The molecular formula is C16H25N3. The fraction of sp³-hybridized carbons (Fsp3) is 0.625. The molecule has 0 bridgehead atoms. The van der Waals surface area contributed by atoms with Crippen molar-refractivity contribution in [2.24, 2.45) is 0 Å². The van der Waals surface area contributed by atoms with Gasteiger partial charge in [-0.2, -0.15) is 0 Å². The van der Waals surface area contributed by atoms with E-state index in [1.54, 1.807) is 0 Å². The number of aryl methyl sites for hydroxylation is 1. The predicted octanol–water partition coefficient (Wildman–Crippen LogP) is 2.26. The summed E-state index contributed by atoms with van der Waals surface area (Å²) in [5, 5.41) is 3.54. The number of piperazine rings is 1. The molecule has 1 atom stereocenters. The van der Waals surface area contributed by atoms with Crippen LogP contribution >= 0.6 is 0 Å². The number of hydrogen-bond donors (Lipinski definition) is 1. The third kappa shape index (κ3) is 2.10. The van der Waals surface area contributed by atoms with Gasteiger partial charge in [0.15, 0.2) is 0 Å². The van der Waals surface area contributed by atoms with Crippen molar-refractivity contribution < 1.29 is 0 Å². The molecular weight excluding hydrogens is 234 g/mol. The average Bonchev–Trinajstić information content (AvgIpc) is 2.45. The lowest BCUT2D eigenvalue weighted by Gasteiger charge is -2.49. The van der Waals surface area contributed by atoms with Crippen LogP contribution in [0.25, 0.3) is 0 Å². The van der Waals surface area contributed by atoms with Crippen LogP contribution in [0.5, 0.6) is 0 Å². The minimum atomic E-state index is 0.565. The van der Waals surface area contributed by atoms with E-state index in [0.717, 1.165) is 32.6 Å². The summed E-state index contributed by atoms with van der Waals surface area (Å²) in [5.41, 5.74) is 4.43. The summed E-state index contributed by atoms with van der Waals surface area (Å²) in [6.07, 6.45) is 1.12. The lowest BCUT2D eigenvalue weighted by atomic mass is 9.98. The van der Waals surface area contributed by atoms with Crippen molar-refractivity contribution >= 4 is 11.4 Å². The summed E-state index contributed by atoms with van der Waals surface area (Å²) < 4.78 is 0. The largest absolute Gasteiger partial charge is 0.365 e. The maximum atomic E-state index is 3.54. The first-order chi connectivity index (χ1) is 9.22. The molecule has 0 aliphatic carbocycles. The normalized spacial score (nSPS) is 22.4. The second-order valence-electron chi connectivity index (χ2n) is 5.94. The lowest BCUT2D eigenvalue weighted by Crippen LogP contribution is -2.60. The molecule has 1 fully saturated rings. The second kappa shape index (κ2) is 5.04. The predicted molar refractivity (Wildman–Crippen MR) is 82.3 cm³/mol. The van der Waals surface area contributed by atoms with Crippen molar-refractivity contribution in [1.29, 1.82) is 0 Å². The quantitative estimate of drug-likeness (QED) is 0.879. The third-order valence-corrected chi connectivity index (χ3v) is 4.46. The molecule has 2 aliphatic heterocycles. The van der Waals surface area contributed by atoms with Gasteiger partial charge in [0.1, 0.15) is 0 Å². The topological polar surface area (TPSA) is 18.5 Å². The van der Waals surface area contributed by atoms with E-state index in [4.69, 9.17) is 0 Å². The molecule has 0 spiro atoms. The van der Waals surface area contributed by atoms with Gasteiger partial charge in [-0.15, -0.1) is 0 Å². The lowest BCUT2D eigenvalue weighted by molar-refractivity contribution is 0.447. The zero-order chi connectivity index (χ0) is 13.4. The van der Waals surface area contributed by atoms with Crippen molar-refractivity contribution in [2.45, 2.75) is 39.3 Å². The van der Waals surface area contributed by atoms with Crippen LogP contribution in [0, 0.1) is 0 Å². The number of nitrogens with zero attached hydrogens (tertiary/aromatic N) is 2. The first-order valence-electron chi connectivity index (χ1n) is 7.58. The van der Waals surface area contributed by atoms with E-state index >= 15 is 0 Å². The molecule has 1 N–H and O–H groups in total. The Balaban J connectivity index is 2.10. The van der Waals surface area contributed by atoms with Gasteiger partial charge in [0.05, 0.1) is 17.4 Å². The fourth-order valence-electron chi connectivity index (χ4n) is 3.46. The van der Waals surface area contributed by atoms with Gasteiger partial charge in [-0.1, -0.05) is 19.1 Å². The molecule has 1 unspecified atom stereocenters. The van der Waals surface area contributed by atoms with E-state index < -0.39 is 0 Å². The van der Waals surface area contributed by atoms with Crippen LogP contribution in [0.2, 0.25) is 0 Å². The van der Waals surface area contributed by atoms with E-state index in [2.05, 4.69) is 54.1 Å². The summed E-state index contributed by atoms with van der Waals surface area (Å²) >= 11 is 0. The molecule has 3 nitrogen and oxygen atoms in total. The molecule has 0 saturated carbocycles. The fourth-order valence-corrected chi connectivity index (χ4v) is 3.46. The zero-order valence-corrected chi connectivity index (χ0v) is 12.3. The van der Waals surface area contributed by atoms with Gasteiger partial charge >= 0.3 is 0 Å². The van der Waals surface area contributed by atoms with Gasteiger partial charge in [0, 0.05) is 32.2 Å². The van der Waals surface area contributed by atoms with Gasteiger partial charge in [-0.05, 0) is 31.9 Å². The molecule has 3 heteroatoms. The summed E-state index contributed by atoms with van der Waals surface area (Å²) in [7, 11) is 0. The van der Waals surface area contributed by atoms with Crippen LogP contribution in [0.3, 0.4) is 0 Å².